The van der Waals surface area contributed by atoms with Crippen molar-refractivity contribution < 1.29 is 18.9 Å². The van der Waals surface area contributed by atoms with Gasteiger partial charge in [-0.3, -0.25) is 0 Å². The Morgan fingerprint density at radius 2 is 1.38 bits per heavy atom. The van der Waals surface area contributed by atoms with Crippen LogP contribution in [0.25, 0.3) is 0 Å². The zero-order valence-corrected chi connectivity index (χ0v) is 10.6. The largest absolute Gasteiger partial charge is 0.352 e. The zero-order chi connectivity index (χ0) is 11.8. The highest BCUT2D eigenvalue weighted by molar-refractivity contribution is 4.76. The lowest BCUT2D eigenvalue weighted by Gasteiger charge is -2.42. The molecule has 0 aliphatic carbocycles. The van der Waals surface area contributed by atoms with Crippen molar-refractivity contribution in [2.75, 3.05) is 26.4 Å². The summed E-state index contributed by atoms with van der Waals surface area (Å²) in [5, 5.41) is 0. The van der Waals surface area contributed by atoms with Crippen molar-refractivity contribution in [1.82, 2.24) is 0 Å². The van der Waals surface area contributed by atoms with E-state index < -0.39 is 5.79 Å². The van der Waals surface area contributed by atoms with Gasteiger partial charge in [0.1, 0.15) is 0 Å². The van der Waals surface area contributed by atoms with Crippen LogP contribution in [0, 0.1) is 11.3 Å². The molecule has 0 aromatic rings. The lowest BCUT2D eigenvalue weighted by Crippen LogP contribution is -2.48. The van der Waals surface area contributed by atoms with Gasteiger partial charge in [0, 0.05) is 5.41 Å². The van der Waals surface area contributed by atoms with E-state index in [0.717, 1.165) is 13.2 Å². The van der Waals surface area contributed by atoms with Crippen LogP contribution >= 0.6 is 0 Å². The molecule has 0 aromatic heterocycles. The van der Waals surface area contributed by atoms with E-state index >= 15 is 0 Å². The summed E-state index contributed by atoms with van der Waals surface area (Å²) in [5.74, 6) is -0.283. The minimum Gasteiger partial charge on any atom is -0.352 e. The van der Waals surface area contributed by atoms with Gasteiger partial charge in [-0.05, 0) is 13.8 Å². The van der Waals surface area contributed by atoms with Gasteiger partial charge in [0.15, 0.2) is 12.1 Å². The molecular formula is C12H22O4. The van der Waals surface area contributed by atoms with Gasteiger partial charge in [-0.2, -0.15) is 0 Å². The molecule has 0 amide bonds. The molecule has 4 heteroatoms. The van der Waals surface area contributed by atoms with Crippen LogP contribution in [0.2, 0.25) is 0 Å². The Morgan fingerprint density at radius 1 is 0.875 bits per heavy atom. The second kappa shape index (κ2) is 4.26. The molecule has 0 aromatic carbocycles. The quantitative estimate of drug-likeness (QED) is 0.688. The van der Waals surface area contributed by atoms with Crippen molar-refractivity contribution >= 4 is 0 Å². The smallest absolute Gasteiger partial charge is 0.164 e. The van der Waals surface area contributed by atoms with Crippen LogP contribution in [0.5, 0.6) is 0 Å². The Hall–Kier alpha value is -0.160. The van der Waals surface area contributed by atoms with Crippen LogP contribution in [0.1, 0.15) is 27.7 Å². The third kappa shape index (κ3) is 2.94. The molecule has 16 heavy (non-hydrogen) atoms. The summed E-state index contributed by atoms with van der Waals surface area (Å²) in [7, 11) is 0. The molecule has 2 aliphatic rings. The van der Waals surface area contributed by atoms with Gasteiger partial charge in [-0.1, -0.05) is 13.8 Å². The van der Waals surface area contributed by atoms with Gasteiger partial charge in [-0.15, -0.1) is 0 Å². The number of hydrogen-bond donors (Lipinski definition) is 0. The Kier molecular flexibility index (Phi) is 3.27. The number of rotatable bonds is 1. The highest BCUT2D eigenvalue weighted by Gasteiger charge is 2.37. The summed E-state index contributed by atoms with van der Waals surface area (Å²) in [6, 6.07) is 0. The van der Waals surface area contributed by atoms with E-state index in [0.29, 0.717) is 13.2 Å². The average Bonchev–Trinajstić information content (AvgIpc) is 2.19. The predicted octanol–water partition coefficient (Wildman–Crippen LogP) is 1.78. The molecule has 2 rings (SSSR count). The molecule has 2 saturated heterocycles. The maximum atomic E-state index is 5.72. The Morgan fingerprint density at radius 3 is 1.88 bits per heavy atom. The summed E-state index contributed by atoms with van der Waals surface area (Å²) in [5.41, 5.74) is 0.117. The van der Waals surface area contributed by atoms with Gasteiger partial charge in [-0.25, -0.2) is 0 Å². The normalized spacial score (nSPS) is 31.5. The first kappa shape index (κ1) is 12.3. The Bertz CT molecular complexity index is 203. The molecule has 0 bridgehead atoms. The molecule has 0 saturated carbocycles. The van der Waals surface area contributed by atoms with Crippen LogP contribution in [-0.2, 0) is 18.9 Å². The molecule has 2 heterocycles. The highest BCUT2D eigenvalue weighted by Crippen LogP contribution is 2.29. The average molecular weight is 230 g/mol. The molecular weight excluding hydrogens is 208 g/mol. The van der Waals surface area contributed by atoms with Crippen molar-refractivity contribution in [2.45, 2.75) is 39.8 Å². The first-order valence-corrected chi connectivity index (χ1v) is 5.89. The molecule has 4 nitrogen and oxygen atoms in total. The molecule has 2 fully saturated rings. The van der Waals surface area contributed by atoms with Crippen molar-refractivity contribution in [3.8, 4) is 0 Å². The van der Waals surface area contributed by atoms with Crippen LogP contribution in [0.3, 0.4) is 0 Å². The van der Waals surface area contributed by atoms with Crippen LogP contribution in [0.15, 0.2) is 0 Å². The second-order valence-corrected chi connectivity index (χ2v) is 5.94. The van der Waals surface area contributed by atoms with Gasteiger partial charge in [0.2, 0.25) is 0 Å². The molecule has 2 aliphatic heterocycles. The predicted molar refractivity (Wildman–Crippen MR) is 58.9 cm³/mol. The lowest BCUT2D eigenvalue weighted by molar-refractivity contribution is -0.315. The number of ether oxygens (including phenoxy) is 4. The monoisotopic (exact) mass is 230 g/mol. The topological polar surface area (TPSA) is 36.9 Å². The van der Waals surface area contributed by atoms with Crippen molar-refractivity contribution in [1.29, 1.82) is 0 Å². The molecule has 0 radical (unpaired) electrons. The van der Waals surface area contributed by atoms with E-state index in [9.17, 15) is 0 Å². The van der Waals surface area contributed by atoms with Gasteiger partial charge < -0.3 is 18.9 Å². The standard InChI is InChI=1S/C12H22O4/c1-11(2)7-13-10(14-8-11)9-5-15-12(3,4)16-6-9/h9-10H,5-8H2,1-4H3. The fraction of sp³-hybridized carbons (Fsp3) is 1.00. The van der Waals surface area contributed by atoms with E-state index in [1.54, 1.807) is 0 Å². The molecule has 94 valence electrons. The lowest BCUT2D eigenvalue weighted by atomic mass is 9.95. The summed E-state index contributed by atoms with van der Waals surface area (Å²) in [4.78, 5) is 0. The highest BCUT2D eigenvalue weighted by atomic mass is 16.7. The van der Waals surface area contributed by atoms with Crippen molar-refractivity contribution in [3.05, 3.63) is 0 Å². The van der Waals surface area contributed by atoms with E-state index in [2.05, 4.69) is 13.8 Å². The number of hydrogen-bond acceptors (Lipinski definition) is 4. The fourth-order valence-electron chi connectivity index (χ4n) is 1.84. The summed E-state index contributed by atoms with van der Waals surface area (Å²) in [6.07, 6.45) is -0.177. The minimum atomic E-state index is -0.468. The van der Waals surface area contributed by atoms with E-state index in [1.807, 2.05) is 13.8 Å². The fourth-order valence-corrected chi connectivity index (χ4v) is 1.84. The van der Waals surface area contributed by atoms with Crippen molar-refractivity contribution in [2.24, 2.45) is 11.3 Å². The molecule has 0 unspecified atom stereocenters. The maximum Gasteiger partial charge on any atom is 0.164 e. The Labute approximate surface area is 97.2 Å². The third-order valence-corrected chi connectivity index (χ3v) is 2.95. The van der Waals surface area contributed by atoms with Gasteiger partial charge in [0.05, 0.1) is 32.3 Å². The van der Waals surface area contributed by atoms with Crippen molar-refractivity contribution in [3.63, 3.8) is 0 Å². The van der Waals surface area contributed by atoms with Crippen LogP contribution < -0.4 is 0 Å². The molecule has 0 atom stereocenters. The maximum absolute atomic E-state index is 5.72. The van der Waals surface area contributed by atoms with Gasteiger partial charge in [0.25, 0.3) is 0 Å². The Balaban J connectivity index is 1.82. The van der Waals surface area contributed by atoms with E-state index in [1.165, 1.54) is 0 Å². The molecule has 0 N–H and O–H groups in total. The SMILES string of the molecule is CC1(C)COC(C2COC(C)(C)OC2)OC1. The summed E-state index contributed by atoms with van der Waals surface area (Å²) < 4.78 is 22.6. The first-order valence-electron chi connectivity index (χ1n) is 5.89. The van der Waals surface area contributed by atoms with E-state index in [-0.39, 0.29) is 17.6 Å². The van der Waals surface area contributed by atoms with E-state index in [4.69, 9.17) is 18.9 Å². The summed E-state index contributed by atoms with van der Waals surface area (Å²) in [6.45, 7) is 10.9. The van der Waals surface area contributed by atoms with Crippen LogP contribution in [-0.4, -0.2) is 38.5 Å². The minimum absolute atomic E-state index is 0.117. The third-order valence-electron chi connectivity index (χ3n) is 2.95. The second-order valence-electron chi connectivity index (χ2n) is 5.94. The summed E-state index contributed by atoms with van der Waals surface area (Å²) >= 11 is 0. The zero-order valence-electron chi connectivity index (χ0n) is 10.6. The van der Waals surface area contributed by atoms with Gasteiger partial charge >= 0.3 is 0 Å². The molecule has 0 spiro atoms. The first-order chi connectivity index (χ1) is 7.38. The van der Waals surface area contributed by atoms with Crippen LogP contribution in [0.4, 0.5) is 0 Å².